The van der Waals surface area contributed by atoms with Crippen molar-refractivity contribution in [3.05, 3.63) is 28.8 Å². The molecule has 0 bridgehead atoms. The summed E-state index contributed by atoms with van der Waals surface area (Å²) >= 11 is 6.02. The fourth-order valence-electron chi connectivity index (χ4n) is 2.52. The standard InChI is InChI=1S/C14H21ClN2O2S/c1-2-14(6-3-7-14)10-17-20(18,19)12-5-4-11(9-16)13(15)8-12/h4-5,8,17H,2-3,6-7,9-10,16H2,1H3. The molecule has 3 N–H and O–H groups in total. The van der Waals surface area contributed by atoms with Crippen molar-refractivity contribution in [1.82, 2.24) is 4.72 Å². The third kappa shape index (κ3) is 3.17. The summed E-state index contributed by atoms with van der Waals surface area (Å²) in [5.74, 6) is 0. The number of nitrogens with two attached hydrogens (primary N) is 1. The van der Waals surface area contributed by atoms with Crippen molar-refractivity contribution < 1.29 is 8.42 Å². The summed E-state index contributed by atoms with van der Waals surface area (Å²) in [7, 11) is -3.50. The van der Waals surface area contributed by atoms with Gasteiger partial charge in [0.05, 0.1) is 4.90 Å². The average Bonchev–Trinajstić information content (AvgIpc) is 2.38. The Morgan fingerprint density at radius 2 is 2.10 bits per heavy atom. The Morgan fingerprint density at radius 3 is 2.55 bits per heavy atom. The molecule has 0 aromatic heterocycles. The third-order valence-corrected chi connectivity index (χ3v) is 6.11. The number of sulfonamides is 1. The molecule has 20 heavy (non-hydrogen) atoms. The van der Waals surface area contributed by atoms with Gasteiger partial charge in [0.1, 0.15) is 0 Å². The second-order valence-corrected chi connectivity index (χ2v) is 7.66. The van der Waals surface area contributed by atoms with Crippen LogP contribution in [0, 0.1) is 5.41 Å². The highest BCUT2D eigenvalue weighted by atomic mass is 35.5. The van der Waals surface area contributed by atoms with Crippen molar-refractivity contribution in [2.24, 2.45) is 11.1 Å². The van der Waals surface area contributed by atoms with Crippen LogP contribution in [0.25, 0.3) is 0 Å². The molecule has 6 heteroatoms. The summed E-state index contributed by atoms with van der Waals surface area (Å²) in [6.07, 6.45) is 4.38. The number of hydrogen-bond donors (Lipinski definition) is 2. The monoisotopic (exact) mass is 316 g/mol. The smallest absolute Gasteiger partial charge is 0.240 e. The maximum atomic E-state index is 12.3. The van der Waals surface area contributed by atoms with Crippen molar-refractivity contribution in [3.8, 4) is 0 Å². The van der Waals surface area contributed by atoms with E-state index in [2.05, 4.69) is 11.6 Å². The first-order chi connectivity index (χ1) is 9.42. The molecule has 0 heterocycles. The fraction of sp³-hybridized carbons (Fsp3) is 0.571. The maximum Gasteiger partial charge on any atom is 0.240 e. The largest absolute Gasteiger partial charge is 0.326 e. The van der Waals surface area contributed by atoms with Gasteiger partial charge in [0.2, 0.25) is 10.0 Å². The van der Waals surface area contributed by atoms with Crippen LogP contribution in [-0.2, 0) is 16.6 Å². The molecule has 1 aliphatic carbocycles. The first kappa shape index (κ1) is 15.8. The molecule has 1 fully saturated rings. The Morgan fingerprint density at radius 1 is 1.40 bits per heavy atom. The van der Waals surface area contributed by atoms with Gasteiger partial charge < -0.3 is 5.73 Å². The molecular weight excluding hydrogens is 296 g/mol. The van der Waals surface area contributed by atoms with E-state index in [1.807, 2.05) is 0 Å². The van der Waals surface area contributed by atoms with Crippen molar-refractivity contribution in [2.45, 2.75) is 44.0 Å². The molecule has 0 spiro atoms. The van der Waals surface area contributed by atoms with Gasteiger partial charge in [-0.05, 0) is 42.4 Å². The molecule has 0 radical (unpaired) electrons. The van der Waals surface area contributed by atoms with E-state index in [0.717, 1.165) is 24.8 Å². The van der Waals surface area contributed by atoms with E-state index in [-0.39, 0.29) is 10.3 Å². The molecule has 1 aromatic rings. The van der Waals surface area contributed by atoms with E-state index in [1.54, 1.807) is 12.1 Å². The SMILES string of the molecule is CCC1(CNS(=O)(=O)c2ccc(CN)c(Cl)c2)CCC1. The van der Waals surface area contributed by atoms with Crippen LogP contribution in [0.2, 0.25) is 5.02 Å². The average molecular weight is 317 g/mol. The summed E-state index contributed by atoms with van der Waals surface area (Å²) in [6, 6.07) is 4.68. The lowest BCUT2D eigenvalue weighted by molar-refractivity contribution is 0.133. The molecule has 1 saturated carbocycles. The zero-order valence-electron chi connectivity index (χ0n) is 11.7. The van der Waals surface area contributed by atoms with Crippen LogP contribution >= 0.6 is 11.6 Å². The summed E-state index contributed by atoms with van der Waals surface area (Å²) < 4.78 is 27.3. The highest BCUT2D eigenvalue weighted by Crippen LogP contribution is 2.43. The van der Waals surface area contributed by atoms with Gasteiger partial charge in [-0.1, -0.05) is 31.0 Å². The lowest BCUT2D eigenvalue weighted by Gasteiger charge is -2.41. The van der Waals surface area contributed by atoms with Crippen molar-refractivity contribution in [2.75, 3.05) is 6.54 Å². The van der Waals surface area contributed by atoms with Gasteiger partial charge in [-0.15, -0.1) is 0 Å². The van der Waals surface area contributed by atoms with E-state index in [1.165, 1.54) is 12.5 Å². The molecular formula is C14H21ClN2O2S. The summed E-state index contributed by atoms with van der Waals surface area (Å²) in [5.41, 5.74) is 6.41. The Bertz CT molecular complexity index is 577. The van der Waals surface area contributed by atoms with Crippen LogP contribution in [-0.4, -0.2) is 15.0 Å². The van der Waals surface area contributed by atoms with Gasteiger partial charge in [-0.25, -0.2) is 13.1 Å². The molecule has 1 aromatic carbocycles. The number of hydrogen-bond acceptors (Lipinski definition) is 3. The Labute approximate surface area is 125 Å². The predicted molar refractivity (Wildman–Crippen MR) is 81.1 cm³/mol. The molecule has 2 rings (SSSR count). The van der Waals surface area contributed by atoms with Crippen LogP contribution in [0.5, 0.6) is 0 Å². The van der Waals surface area contributed by atoms with E-state index in [4.69, 9.17) is 17.3 Å². The number of halogens is 1. The van der Waals surface area contributed by atoms with Gasteiger partial charge in [0, 0.05) is 18.1 Å². The summed E-state index contributed by atoms with van der Waals surface area (Å²) in [6.45, 7) is 2.91. The van der Waals surface area contributed by atoms with Gasteiger partial charge in [0.15, 0.2) is 0 Å². The third-order valence-electron chi connectivity index (χ3n) is 4.36. The summed E-state index contributed by atoms with van der Waals surface area (Å²) in [4.78, 5) is 0.199. The molecule has 0 amide bonds. The molecule has 112 valence electrons. The molecule has 4 nitrogen and oxygen atoms in total. The minimum absolute atomic E-state index is 0.147. The van der Waals surface area contributed by atoms with Gasteiger partial charge in [-0.2, -0.15) is 0 Å². The minimum atomic E-state index is -3.50. The second-order valence-electron chi connectivity index (χ2n) is 5.49. The number of nitrogens with one attached hydrogen (secondary N) is 1. The number of rotatable bonds is 6. The Balaban J connectivity index is 2.12. The van der Waals surface area contributed by atoms with E-state index in [0.29, 0.717) is 18.1 Å². The van der Waals surface area contributed by atoms with E-state index >= 15 is 0 Å². The van der Waals surface area contributed by atoms with Crippen molar-refractivity contribution in [1.29, 1.82) is 0 Å². The Kier molecular flexibility index (Phi) is 4.74. The topological polar surface area (TPSA) is 72.2 Å². The molecule has 0 atom stereocenters. The minimum Gasteiger partial charge on any atom is -0.326 e. The van der Waals surface area contributed by atoms with Crippen LogP contribution in [0.4, 0.5) is 0 Å². The van der Waals surface area contributed by atoms with Gasteiger partial charge in [0.25, 0.3) is 0 Å². The molecule has 0 aliphatic heterocycles. The predicted octanol–water partition coefficient (Wildman–Crippen LogP) is 2.66. The van der Waals surface area contributed by atoms with Crippen LogP contribution in [0.15, 0.2) is 23.1 Å². The van der Waals surface area contributed by atoms with E-state index in [9.17, 15) is 8.42 Å². The molecule has 0 saturated heterocycles. The zero-order valence-corrected chi connectivity index (χ0v) is 13.2. The van der Waals surface area contributed by atoms with Gasteiger partial charge in [-0.3, -0.25) is 0 Å². The van der Waals surface area contributed by atoms with Crippen LogP contribution in [0.3, 0.4) is 0 Å². The fourth-order valence-corrected chi connectivity index (χ4v) is 4.03. The highest BCUT2D eigenvalue weighted by Gasteiger charge is 2.36. The second kappa shape index (κ2) is 6.02. The lowest BCUT2D eigenvalue weighted by Crippen LogP contribution is -2.41. The first-order valence-electron chi connectivity index (χ1n) is 6.91. The molecule has 1 aliphatic rings. The van der Waals surface area contributed by atoms with Crippen molar-refractivity contribution in [3.63, 3.8) is 0 Å². The first-order valence-corrected chi connectivity index (χ1v) is 8.77. The highest BCUT2D eigenvalue weighted by molar-refractivity contribution is 7.89. The van der Waals surface area contributed by atoms with Crippen molar-refractivity contribution >= 4 is 21.6 Å². The van der Waals surface area contributed by atoms with Crippen LogP contribution < -0.4 is 10.5 Å². The lowest BCUT2D eigenvalue weighted by atomic mass is 9.67. The number of benzene rings is 1. The normalized spacial score (nSPS) is 17.8. The van der Waals surface area contributed by atoms with E-state index < -0.39 is 10.0 Å². The Hall–Kier alpha value is -0.620. The maximum absolute atomic E-state index is 12.3. The van der Waals surface area contributed by atoms with Crippen LogP contribution in [0.1, 0.15) is 38.2 Å². The quantitative estimate of drug-likeness (QED) is 0.847. The zero-order chi connectivity index (χ0) is 14.8. The van der Waals surface area contributed by atoms with Gasteiger partial charge >= 0.3 is 0 Å². The summed E-state index contributed by atoms with van der Waals surface area (Å²) in [5, 5.41) is 0.393. The molecule has 0 unspecified atom stereocenters.